The van der Waals surface area contributed by atoms with Gasteiger partial charge in [0.1, 0.15) is 0 Å². The third kappa shape index (κ3) is 4.80. The number of rotatable bonds is 4. The summed E-state index contributed by atoms with van der Waals surface area (Å²) in [5, 5.41) is 14.4. The van der Waals surface area contributed by atoms with Gasteiger partial charge in [-0.25, -0.2) is 4.79 Å². The number of nitrogens with zero attached hydrogens (tertiary/aromatic N) is 1. The van der Waals surface area contributed by atoms with Gasteiger partial charge in [-0.2, -0.15) is 0 Å². The lowest BCUT2D eigenvalue weighted by Gasteiger charge is -2.20. The average molecular weight is 443 g/mol. The molecule has 0 bridgehead atoms. The molecule has 1 saturated carbocycles. The van der Waals surface area contributed by atoms with Crippen LogP contribution < -0.4 is 10.9 Å². The summed E-state index contributed by atoms with van der Waals surface area (Å²) in [6, 6.07) is 12.6. The summed E-state index contributed by atoms with van der Waals surface area (Å²) in [5.41, 5.74) is 3.34. The molecule has 0 saturated heterocycles. The van der Waals surface area contributed by atoms with Gasteiger partial charge in [0.15, 0.2) is 0 Å². The first-order valence-corrected chi connectivity index (χ1v) is 11.6. The highest BCUT2D eigenvalue weighted by Gasteiger charge is 2.17. The van der Waals surface area contributed by atoms with E-state index in [4.69, 9.17) is 0 Å². The van der Waals surface area contributed by atoms with Gasteiger partial charge in [-0.05, 0) is 73.4 Å². The first-order chi connectivity index (χ1) is 15.8. The topological polar surface area (TPSA) is 71.3 Å². The van der Waals surface area contributed by atoms with Crippen LogP contribution >= 0.6 is 0 Å². The molecule has 5 nitrogen and oxygen atoms in total. The highest BCUT2D eigenvalue weighted by molar-refractivity contribution is 5.94. The largest absolute Gasteiger partial charge is 0.478 e. The smallest absolute Gasteiger partial charge is 0.337 e. The summed E-state index contributed by atoms with van der Waals surface area (Å²) in [6.45, 7) is 3.95. The predicted molar refractivity (Wildman–Crippen MR) is 133 cm³/mol. The van der Waals surface area contributed by atoms with Gasteiger partial charge in [-0.3, -0.25) is 4.79 Å². The third-order valence-electron chi connectivity index (χ3n) is 6.54. The van der Waals surface area contributed by atoms with E-state index in [9.17, 15) is 14.7 Å². The fourth-order valence-electron chi connectivity index (χ4n) is 4.69. The van der Waals surface area contributed by atoms with E-state index in [0.717, 1.165) is 29.4 Å². The van der Waals surface area contributed by atoms with Gasteiger partial charge < -0.3 is 15.0 Å². The Labute approximate surface area is 194 Å². The maximum atomic E-state index is 13.2. The molecular weight excluding hydrogens is 412 g/mol. The number of benzene rings is 2. The van der Waals surface area contributed by atoms with Crippen molar-refractivity contribution < 1.29 is 9.90 Å². The molecule has 1 aliphatic rings. The predicted octanol–water partition coefficient (Wildman–Crippen LogP) is 5.65. The van der Waals surface area contributed by atoms with E-state index in [0.29, 0.717) is 22.7 Å². The van der Waals surface area contributed by atoms with Crippen molar-refractivity contribution in [2.45, 2.75) is 52.0 Å². The Kier molecular flexibility index (Phi) is 6.55. The molecule has 2 aromatic carbocycles. The van der Waals surface area contributed by atoms with Crippen LogP contribution in [0.3, 0.4) is 0 Å². The molecule has 0 radical (unpaired) electrons. The van der Waals surface area contributed by atoms with Crippen LogP contribution in [0.5, 0.6) is 0 Å². The lowest BCUT2D eigenvalue weighted by Crippen LogP contribution is -2.21. The van der Waals surface area contributed by atoms with E-state index in [1.165, 1.54) is 19.3 Å². The van der Waals surface area contributed by atoms with Crippen molar-refractivity contribution in [2.75, 3.05) is 5.32 Å². The standard InChI is InChI=1S/C28H30N2O3/c1-18-15-23(19(2)29-26-12-8-7-11-22(26)28(32)33)24-17-21(30(3)27(31)25(24)16-18)14-13-20-9-5-4-6-10-20/h7-8,11-12,15-17,19-20,29H,4-6,9-10H2,1-3H3,(H,32,33). The summed E-state index contributed by atoms with van der Waals surface area (Å²) in [6.07, 6.45) is 5.98. The lowest BCUT2D eigenvalue weighted by atomic mass is 9.90. The van der Waals surface area contributed by atoms with Crippen molar-refractivity contribution in [1.82, 2.24) is 4.57 Å². The number of aromatic nitrogens is 1. The number of hydrogen-bond donors (Lipinski definition) is 2. The van der Waals surface area contributed by atoms with Crippen molar-refractivity contribution in [3.63, 3.8) is 0 Å². The molecule has 3 aromatic rings. The minimum atomic E-state index is -0.978. The molecule has 2 N–H and O–H groups in total. The van der Waals surface area contributed by atoms with Crippen LogP contribution in [0.1, 0.15) is 72.2 Å². The SMILES string of the molecule is Cc1cc(C(C)Nc2ccccc2C(=O)O)c2cc(C#CC3CCCCC3)n(C)c(=O)c2c1. The monoisotopic (exact) mass is 442 g/mol. The van der Waals surface area contributed by atoms with Crippen molar-refractivity contribution in [1.29, 1.82) is 0 Å². The Morgan fingerprint density at radius 1 is 1.12 bits per heavy atom. The molecule has 170 valence electrons. The summed E-state index contributed by atoms with van der Waals surface area (Å²) >= 11 is 0. The van der Waals surface area contributed by atoms with Crippen LogP contribution in [0.15, 0.2) is 47.3 Å². The normalized spacial score (nSPS) is 15.0. The fourth-order valence-corrected chi connectivity index (χ4v) is 4.69. The quantitative estimate of drug-likeness (QED) is 0.512. The Balaban J connectivity index is 1.78. The second-order valence-electron chi connectivity index (χ2n) is 9.03. The van der Waals surface area contributed by atoms with Crippen LogP contribution in [0.4, 0.5) is 5.69 Å². The average Bonchev–Trinajstić information content (AvgIpc) is 2.81. The minimum absolute atomic E-state index is 0.0662. The number of carbonyl (C=O) groups is 1. The molecule has 1 unspecified atom stereocenters. The van der Waals surface area contributed by atoms with Crippen LogP contribution in [-0.2, 0) is 7.05 Å². The molecule has 1 fully saturated rings. The lowest BCUT2D eigenvalue weighted by molar-refractivity contribution is 0.0698. The van der Waals surface area contributed by atoms with Gasteiger partial charge in [0.25, 0.3) is 5.56 Å². The Bertz CT molecular complexity index is 1320. The number of carboxylic acid groups (broad SMARTS) is 1. The van der Waals surface area contributed by atoms with E-state index in [-0.39, 0.29) is 17.2 Å². The zero-order chi connectivity index (χ0) is 23.5. The van der Waals surface area contributed by atoms with Gasteiger partial charge in [0.2, 0.25) is 0 Å². The van der Waals surface area contributed by atoms with Gasteiger partial charge in [0, 0.05) is 30.1 Å². The van der Waals surface area contributed by atoms with Crippen molar-refractivity contribution in [3.05, 3.63) is 75.2 Å². The van der Waals surface area contributed by atoms with Gasteiger partial charge in [-0.1, -0.05) is 43.4 Å². The Hall–Kier alpha value is -3.52. The zero-order valence-electron chi connectivity index (χ0n) is 19.4. The molecule has 1 aliphatic carbocycles. The molecule has 0 amide bonds. The molecule has 0 spiro atoms. The first kappa shape index (κ1) is 22.7. The highest BCUT2D eigenvalue weighted by atomic mass is 16.4. The van der Waals surface area contributed by atoms with Crippen LogP contribution in [0, 0.1) is 24.7 Å². The number of aryl methyl sites for hydroxylation is 1. The van der Waals surface area contributed by atoms with Gasteiger partial charge in [-0.15, -0.1) is 0 Å². The van der Waals surface area contributed by atoms with E-state index in [1.54, 1.807) is 29.8 Å². The maximum absolute atomic E-state index is 13.2. The molecule has 5 heteroatoms. The number of hydrogen-bond acceptors (Lipinski definition) is 3. The number of anilines is 1. The van der Waals surface area contributed by atoms with E-state index in [1.807, 2.05) is 32.0 Å². The zero-order valence-corrected chi connectivity index (χ0v) is 19.4. The van der Waals surface area contributed by atoms with E-state index >= 15 is 0 Å². The molecular formula is C28H30N2O3. The number of carboxylic acids is 1. The van der Waals surface area contributed by atoms with Crippen molar-refractivity contribution in [2.24, 2.45) is 13.0 Å². The second kappa shape index (κ2) is 9.54. The van der Waals surface area contributed by atoms with Crippen molar-refractivity contribution in [3.8, 4) is 11.8 Å². The molecule has 1 aromatic heterocycles. The highest BCUT2D eigenvalue weighted by Crippen LogP contribution is 2.29. The second-order valence-corrected chi connectivity index (χ2v) is 9.03. The van der Waals surface area contributed by atoms with Gasteiger partial charge >= 0.3 is 5.97 Å². The van der Waals surface area contributed by atoms with Crippen LogP contribution in [0.25, 0.3) is 10.8 Å². The number of aromatic carboxylic acids is 1. The molecule has 1 atom stereocenters. The van der Waals surface area contributed by atoms with Crippen LogP contribution in [-0.4, -0.2) is 15.6 Å². The Morgan fingerprint density at radius 2 is 1.85 bits per heavy atom. The molecule has 33 heavy (non-hydrogen) atoms. The summed E-state index contributed by atoms with van der Waals surface area (Å²) in [7, 11) is 1.78. The van der Waals surface area contributed by atoms with E-state index in [2.05, 4.69) is 23.2 Å². The number of para-hydroxylation sites is 1. The summed E-state index contributed by atoms with van der Waals surface area (Å²) < 4.78 is 1.64. The fraction of sp³-hybridized carbons (Fsp3) is 0.357. The Morgan fingerprint density at radius 3 is 2.58 bits per heavy atom. The summed E-state index contributed by atoms with van der Waals surface area (Å²) in [5.74, 6) is 6.10. The van der Waals surface area contributed by atoms with Gasteiger partial charge in [0.05, 0.1) is 11.3 Å². The minimum Gasteiger partial charge on any atom is -0.478 e. The summed E-state index contributed by atoms with van der Waals surface area (Å²) in [4.78, 5) is 24.9. The maximum Gasteiger partial charge on any atom is 0.337 e. The first-order valence-electron chi connectivity index (χ1n) is 11.6. The molecule has 4 rings (SSSR count). The van der Waals surface area contributed by atoms with E-state index < -0.39 is 5.97 Å². The van der Waals surface area contributed by atoms with Crippen LogP contribution in [0.2, 0.25) is 0 Å². The molecule has 0 aliphatic heterocycles. The number of nitrogens with one attached hydrogen (secondary N) is 1. The number of pyridine rings is 1. The third-order valence-corrected chi connectivity index (χ3v) is 6.54. The number of fused-ring (bicyclic) bond motifs is 1. The van der Waals surface area contributed by atoms with Crippen molar-refractivity contribution >= 4 is 22.4 Å². The molecule has 1 heterocycles.